The first-order valence-corrected chi connectivity index (χ1v) is 6.99. The molecule has 0 fully saturated rings. The molecule has 0 heterocycles. The molecule has 0 saturated heterocycles. The molecule has 1 rings (SSSR count). The summed E-state index contributed by atoms with van der Waals surface area (Å²) in [5.74, 6) is 0.0786. The van der Waals surface area contributed by atoms with Crippen molar-refractivity contribution in [3.05, 3.63) is 23.8 Å². The number of benzene rings is 1. The number of ether oxygens (including phenoxy) is 2. The average molecular weight is 281 g/mol. The number of anilines is 1. The molecule has 1 aromatic carbocycles. The van der Waals surface area contributed by atoms with E-state index in [0.717, 1.165) is 25.7 Å². The van der Waals surface area contributed by atoms with E-state index in [0.29, 0.717) is 30.2 Å². The first kappa shape index (κ1) is 16.3. The third-order valence-electron chi connectivity index (χ3n) is 2.81. The number of aliphatic hydroxyl groups is 1. The smallest absolute Gasteiger partial charge is 0.341 e. The molecule has 0 radical (unpaired) electrons. The molecule has 0 aliphatic heterocycles. The Morgan fingerprint density at radius 3 is 2.70 bits per heavy atom. The molecule has 5 nitrogen and oxygen atoms in total. The zero-order valence-electron chi connectivity index (χ0n) is 11.9. The number of hydrogen-bond acceptors (Lipinski definition) is 5. The topological polar surface area (TPSA) is 81.8 Å². The van der Waals surface area contributed by atoms with Crippen LogP contribution in [0.5, 0.6) is 5.75 Å². The summed E-state index contributed by atoms with van der Waals surface area (Å²) >= 11 is 0. The van der Waals surface area contributed by atoms with E-state index < -0.39 is 5.97 Å². The molecule has 0 atom stereocenters. The highest BCUT2D eigenvalue weighted by atomic mass is 16.5. The van der Waals surface area contributed by atoms with Crippen molar-refractivity contribution in [1.29, 1.82) is 0 Å². The standard InChI is InChI=1S/C15H23NO4/c1-2-19-15(18)13-11-12(16)7-8-14(13)20-10-6-4-3-5-9-17/h7-8,11,17H,2-6,9-10,16H2,1H3. The molecule has 0 spiro atoms. The summed E-state index contributed by atoms with van der Waals surface area (Å²) in [5.41, 5.74) is 6.55. The van der Waals surface area contributed by atoms with E-state index in [1.807, 2.05) is 0 Å². The molecular weight excluding hydrogens is 258 g/mol. The Hall–Kier alpha value is -1.75. The van der Waals surface area contributed by atoms with Gasteiger partial charge in [-0.3, -0.25) is 0 Å². The van der Waals surface area contributed by atoms with E-state index in [-0.39, 0.29) is 6.61 Å². The number of esters is 1. The van der Waals surface area contributed by atoms with Gasteiger partial charge < -0.3 is 20.3 Å². The van der Waals surface area contributed by atoms with E-state index in [2.05, 4.69) is 0 Å². The van der Waals surface area contributed by atoms with Gasteiger partial charge in [-0.15, -0.1) is 0 Å². The summed E-state index contributed by atoms with van der Waals surface area (Å²) in [7, 11) is 0. The Morgan fingerprint density at radius 2 is 2.00 bits per heavy atom. The van der Waals surface area contributed by atoms with Crippen molar-refractivity contribution >= 4 is 11.7 Å². The van der Waals surface area contributed by atoms with Gasteiger partial charge in [-0.05, 0) is 44.4 Å². The average Bonchev–Trinajstić information content (AvgIpc) is 2.44. The number of nitrogens with two attached hydrogens (primary N) is 1. The van der Waals surface area contributed by atoms with Crippen molar-refractivity contribution in [3.8, 4) is 5.75 Å². The van der Waals surface area contributed by atoms with E-state index in [9.17, 15) is 4.79 Å². The maximum absolute atomic E-state index is 11.8. The summed E-state index contributed by atoms with van der Waals surface area (Å²) < 4.78 is 10.6. The molecule has 0 aliphatic carbocycles. The van der Waals surface area contributed by atoms with Crippen molar-refractivity contribution in [1.82, 2.24) is 0 Å². The number of unbranched alkanes of at least 4 members (excludes halogenated alkanes) is 3. The minimum Gasteiger partial charge on any atom is -0.493 e. The van der Waals surface area contributed by atoms with Crippen LogP contribution in [0.1, 0.15) is 43.0 Å². The second-order valence-corrected chi connectivity index (χ2v) is 4.46. The Balaban J connectivity index is 2.53. The lowest BCUT2D eigenvalue weighted by Crippen LogP contribution is -2.09. The molecule has 0 saturated carbocycles. The summed E-state index contributed by atoms with van der Waals surface area (Å²) in [6.45, 7) is 2.83. The highest BCUT2D eigenvalue weighted by Gasteiger charge is 2.14. The van der Waals surface area contributed by atoms with Crippen molar-refractivity contribution in [2.24, 2.45) is 0 Å². The lowest BCUT2D eigenvalue weighted by atomic mass is 10.1. The number of carbonyl (C=O) groups is 1. The van der Waals surface area contributed by atoms with Gasteiger partial charge in [0.05, 0.1) is 13.2 Å². The van der Waals surface area contributed by atoms with Crippen LogP contribution < -0.4 is 10.5 Å². The van der Waals surface area contributed by atoms with E-state index in [1.54, 1.807) is 25.1 Å². The van der Waals surface area contributed by atoms with Crippen molar-refractivity contribution in [3.63, 3.8) is 0 Å². The molecule has 0 aromatic heterocycles. The third-order valence-corrected chi connectivity index (χ3v) is 2.81. The second-order valence-electron chi connectivity index (χ2n) is 4.46. The minimum atomic E-state index is -0.421. The van der Waals surface area contributed by atoms with Crippen LogP contribution >= 0.6 is 0 Å². The normalized spacial score (nSPS) is 10.3. The Kier molecular flexibility index (Phi) is 7.50. The molecule has 0 bridgehead atoms. The van der Waals surface area contributed by atoms with Crippen LogP contribution in [0, 0.1) is 0 Å². The van der Waals surface area contributed by atoms with Crippen LogP contribution in [0.15, 0.2) is 18.2 Å². The first-order valence-electron chi connectivity index (χ1n) is 6.99. The van der Waals surface area contributed by atoms with Gasteiger partial charge in [-0.1, -0.05) is 6.42 Å². The molecule has 20 heavy (non-hydrogen) atoms. The van der Waals surface area contributed by atoms with Crippen LogP contribution in [0.25, 0.3) is 0 Å². The van der Waals surface area contributed by atoms with Gasteiger partial charge in [0.15, 0.2) is 0 Å². The molecular formula is C15H23NO4. The molecule has 0 aliphatic rings. The van der Waals surface area contributed by atoms with Gasteiger partial charge in [0, 0.05) is 12.3 Å². The molecule has 5 heteroatoms. The lowest BCUT2D eigenvalue weighted by Gasteiger charge is -2.11. The Morgan fingerprint density at radius 1 is 1.25 bits per heavy atom. The van der Waals surface area contributed by atoms with Crippen molar-refractivity contribution in [2.45, 2.75) is 32.6 Å². The Labute approximate surface area is 119 Å². The third kappa shape index (κ3) is 5.48. The van der Waals surface area contributed by atoms with Crippen LogP contribution in [-0.4, -0.2) is 30.9 Å². The molecule has 0 unspecified atom stereocenters. The van der Waals surface area contributed by atoms with Crippen LogP contribution in [-0.2, 0) is 4.74 Å². The maximum Gasteiger partial charge on any atom is 0.341 e. The second kappa shape index (κ2) is 9.20. The number of rotatable bonds is 9. The van der Waals surface area contributed by atoms with Crippen LogP contribution in [0.4, 0.5) is 5.69 Å². The molecule has 1 aromatic rings. The fourth-order valence-electron chi connectivity index (χ4n) is 1.79. The number of aliphatic hydroxyl groups excluding tert-OH is 1. The monoisotopic (exact) mass is 281 g/mol. The zero-order chi connectivity index (χ0) is 14.8. The first-order chi connectivity index (χ1) is 9.69. The fraction of sp³-hybridized carbons (Fsp3) is 0.533. The minimum absolute atomic E-state index is 0.228. The summed E-state index contributed by atoms with van der Waals surface area (Å²) in [6.07, 6.45) is 3.67. The van der Waals surface area contributed by atoms with E-state index in [4.69, 9.17) is 20.3 Å². The largest absolute Gasteiger partial charge is 0.493 e. The van der Waals surface area contributed by atoms with E-state index >= 15 is 0 Å². The predicted molar refractivity (Wildman–Crippen MR) is 77.9 cm³/mol. The highest BCUT2D eigenvalue weighted by molar-refractivity contribution is 5.93. The fourth-order valence-corrected chi connectivity index (χ4v) is 1.79. The summed E-state index contributed by atoms with van der Waals surface area (Å²) in [4.78, 5) is 11.8. The van der Waals surface area contributed by atoms with E-state index in [1.165, 1.54) is 0 Å². The van der Waals surface area contributed by atoms with Gasteiger partial charge in [0.1, 0.15) is 11.3 Å². The van der Waals surface area contributed by atoms with Gasteiger partial charge >= 0.3 is 5.97 Å². The molecule has 112 valence electrons. The predicted octanol–water partition coefficient (Wildman–Crippen LogP) is 2.38. The molecule has 3 N–H and O–H groups in total. The lowest BCUT2D eigenvalue weighted by molar-refractivity contribution is 0.0521. The van der Waals surface area contributed by atoms with Crippen molar-refractivity contribution in [2.75, 3.05) is 25.6 Å². The quantitative estimate of drug-likeness (QED) is 0.412. The van der Waals surface area contributed by atoms with Gasteiger partial charge in [0.2, 0.25) is 0 Å². The maximum atomic E-state index is 11.8. The molecule has 0 amide bonds. The van der Waals surface area contributed by atoms with Crippen LogP contribution in [0.2, 0.25) is 0 Å². The SMILES string of the molecule is CCOC(=O)c1cc(N)ccc1OCCCCCCO. The van der Waals surface area contributed by atoms with Crippen LogP contribution in [0.3, 0.4) is 0 Å². The van der Waals surface area contributed by atoms with Gasteiger partial charge in [0.25, 0.3) is 0 Å². The highest BCUT2D eigenvalue weighted by Crippen LogP contribution is 2.22. The van der Waals surface area contributed by atoms with Gasteiger partial charge in [-0.2, -0.15) is 0 Å². The number of hydrogen-bond donors (Lipinski definition) is 2. The summed E-state index contributed by atoms with van der Waals surface area (Å²) in [5, 5.41) is 8.68. The Bertz CT molecular complexity index is 420. The van der Waals surface area contributed by atoms with Gasteiger partial charge in [-0.25, -0.2) is 4.79 Å². The number of carbonyl (C=O) groups excluding carboxylic acids is 1. The van der Waals surface area contributed by atoms with Crippen molar-refractivity contribution < 1.29 is 19.4 Å². The number of nitrogen functional groups attached to an aromatic ring is 1. The summed E-state index contributed by atoms with van der Waals surface area (Å²) in [6, 6.07) is 4.96. The zero-order valence-corrected chi connectivity index (χ0v) is 11.9.